The molecule has 0 saturated heterocycles. The van der Waals surface area contributed by atoms with Crippen LogP contribution in [-0.4, -0.2) is 16.0 Å². The Morgan fingerprint density at radius 2 is 2.14 bits per heavy atom. The fourth-order valence-corrected chi connectivity index (χ4v) is 2.72. The van der Waals surface area contributed by atoms with Crippen LogP contribution in [0.15, 0.2) is 24.3 Å². The number of nitro benzene ring substituents is 1. The summed E-state index contributed by atoms with van der Waals surface area (Å²) in [5.74, 6) is -0.755. The fraction of sp³-hybridized carbons (Fsp3) is 0.214. The van der Waals surface area contributed by atoms with E-state index in [4.69, 9.17) is 9.84 Å². The maximum atomic E-state index is 11.1. The van der Waals surface area contributed by atoms with Crippen molar-refractivity contribution in [2.75, 3.05) is 0 Å². The molecule has 0 spiro atoms. The van der Waals surface area contributed by atoms with Crippen LogP contribution in [0, 0.1) is 24.0 Å². The summed E-state index contributed by atoms with van der Waals surface area (Å²) < 4.78 is 5.53. The van der Waals surface area contributed by atoms with E-state index in [9.17, 15) is 14.9 Å². The van der Waals surface area contributed by atoms with E-state index in [1.807, 2.05) is 0 Å². The lowest BCUT2D eigenvalue weighted by Gasteiger charge is -2.08. The van der Waals surface area contributed by atoms with Gasteiger partial charge in [0.1, 0.15) is 12.4 Å². The number of benzene rings is 1. The molecule has 2 rings (SSSR count). The average molecular weight is 307 g/mol. The molecule has 0 radical (unpaired) electrons. The molecule has 21 heavy (non-hydrogen) atoms. The van der Waals surface area contributed by atoms with E-state index < -0.39 is 10.9 Å². The van der Waals surface area contributed by atoms with Gasteiger partial charge in [0.2, 0.25) is 0 Å². The first-order chi connectivity index (χ1) is 9.90. The molecule has 2 aromatic rings. The Balaban J connectivity index is 2.23. The van der Waals surface area contributed by atoms with Crippen LogP contribution >= 0.6 is 11.3 Å². The number of hydrogen-bond acceptors (Lipinski definition) is 5. The molecule has 1 heterocycles. The van der Waals surface area contributed by atoms with E-state index in [1.54, 1.807) is 32.0 Å². The topological polar surface area (TPSA) is 89.7 Å². The van der Waals surface area contributed by atoms with Gasteiger partial charge < -0.3 is 9.84 Å². The van der Waals surface area contributed by atoms with E-state index in [0.29, 0.717) is 11.1 Å². The van der Waals surface area contributed by atoms with Crippen LogP contribution in [0.2, 0.25) is 0 Å². The molecular weight excluding hydrogens is 294 g/mol. The molecular formula is C14H13NO5S. The third kappa shape index (κ3) is 3.19. The zero-order chi connectivity index (χ0) is 15.6. The zero-order valence-corrected chi connectivity index (χ0v) is 12.3. The quantitative estimate of drug-likeness (QED) is 0.674. The predicted molar refractivity (Wildman–Crippen MR) is 78.2 cm³/mol. The van der Waals surface area contributed by atoms with E-state index in [-0.39, 0.29) is 22.9 Å². The van der Waals surface area contributed by atoms with Crippen molar-refractivity contribution in [2.45, 2.75) is 20.5 Å². The maximum Gasteiger partial charge on any atom is 0.349 e. The number of nitro groups is 1. The van der Waals surface area contributed by atoms with E-state index in [2.05, 4.69) is 0 Å². The summed E-state index contributed by atoms with van der Waals surface area (Å²) >= 11 is 1.14. The number of nitrogens with zero attached hydrogens (tertiary/aromatic N) is 1. The van der Waals surface area contributed by atoms with Gasteiger partial charge in [-0.05, 0) is 25.5 Å². The largest absolute Gasteiger partial charge is 0.487 e. The van der Waals surface area contributed by atoms with Crippen LogP contribution in [0.1, 0.15) is 25.7 Å². The molecule has 0 amide bonds. The van der Waals surface area contributed by atoms with Crippen molar-refractivity contribution in [2.24, 2.45) is 0 Å². The summed E-state index contributed by atoms with van der Waals surface area (Å²) in [4.78, 5) is 22.5. The Morgan fingerprint density at radius 3 is 2.76 bits per heavy atom. The van der Waals surface area contributed by atoms with Crippen molar-refractivity contribution in [3.63, 3.8) is 0 Å². The Kier molecular flexibility index (Phi) is 4.23. The van der Waals surface area contributed by atoms with Crippen molar-refractivity contribution >= 4 is 23.0 Å². The standard InChI is InChI=1S/C14H13NO5S/c1-8-6-12(13(21-8)14(16)17)20-7-10-4-3-5-11(9(10)2)15(18)19/h3-6H,7H2,1-2H3,(H,16,17). The maximum absolute atomic E-state index is 11.1. The molecule has 1 aromatic carbocycles. The number of ether oxygens (including phenoxy) is 1. The lowest BCUT2D eigenvalue weighted by atomic mass is 10.1. The second kappa shape index (κ2) is 5.92. The van der Waals surface area contributed by atoms with E-state index in [0.717, 1.165) is 16.2 Å². The number of rotatable bonds is 5. The summed E-state index contributed by atoms with van der Waals surface area (Å²) in [5.41, 5.74) is 1.20. The Morgan fingerprint density at radius 1 is 1.43 bits per heavy atom. The Labute approximate surface area is 124 Å². The van der Waals surface area contributed by atoms with Crippen LogP contribution < -0.4 is 4.74 Å². The van der Waals surface area contributed by atoms with Gasteiger partial charge in [0.25, 0.3) is 5.69 Å². The molecule has 0 unspecified atom stereocenters. The summed E-state index contributed by atoms with van der Waals surface area (Å²) in [7, 11) is 0. The smallest absolute Gasteiger partial charge is 0.349 e. The molecule has 0 bridgehead atoms. The molecule has 0 aliphatic rings. The zero-order valence-electron chi connectivity index (χ0n) is 11.5. The Hall–Kier alpha value is -2.41. The predicted octanol–water partition coefficient (Wildman–Crippen LogP) is 3.55. The molecule has 0 aliphatic carbocycles. The first-order valence-corrected chi connectivity index (χ1v) is 6.91. The average Bonchev–Trinajstić information content (AvgIpc) is 2.78. The van der Waals surface area contributed by atoms with Crippen molar-refractivity contribution < 1.29 is 19.6 Å². The summed E-state index contributed by atoms with van der Waals surface area (Å²) in [6.07, 6.45) is 0. The van der Waals surface area contributed by atoms with Crippen LogP contribution in [0.25, 0.3) is 0 Å². The third-order valence-electron chi connectivity index (χ3n) is 3.01. The minimum absolute atomic E-state index is 0.0241. The van der Waals surface area contributed by atoms with E-state index >= 15 is 0 Å². The Bertz CT molecular complexity index is 707. The molecule has 1 aromatic heterocycles. The summed E-state index contributed by atoms with van der Waals surface area (Å²) in [6.45, 7) is 3.53. The SMILES string of the molecule is Cc1cc(OCc2cccc([N+](=O)[O-])c2C)c(C(=O)O)s1. The van der Waals surface area contributed by atoms with Gasteiger partial charge in [-0.3, -0.25) is 10.1 Å². The van der Waals surface area contributed by atoms with Crippen LogP contribution in [0.3, 0.4) is 0 Å². The number of carbonyl (C=O) groups is 1. The number of thiophene rings is 1. The van der Waals surface area contributed by atoms with Gasteiger partial charge in [-0.25, -0.2) is 4.79 Å². The highest BCUT2D eigenvalue weighted by atomic mass is 32.1. The molecule has 1 N–H and O–H groups in total. The van der Waals surface area contributed by atoms with Crippen molar-refractivity contribution in [3.8, 4) is 5.75 Å². The summed E-state index contributed by atoms with van der Waals surface area (Å²) in [6, 6.07) is 6.39. The van der Waals surface area contributed by atoms with Gasteiger partial charge in [-0.1, -0.05) is 12.1 Å². The van der Waals surface area contributed by atoms with Gasteiger partial charge in [0, 0.05) is 16.5 Å². The number of hydrogen-bond donors (Lipinski definition) is 1. The highest BCUT2D eigenvalue weighted by Gasteiger charge is 2.17. The number of aromatic carboxylic acids is 1. The van der Waals surface area contributed by atoms with Gasteiger partial charge in [-0.2, -0.15) is 0 Å². The molecule has 7 heteroatoms. The second-order valence-electron chi connectivity index (χ2n) is 4.46. The van der Waals surface area contributed by atoms with Crippen molar-refractivity contribution in [1.29, 1.82) is 0 Å². The molecule has 0 fully saturated rings. The van der Waals surface area contributed by atoms with Crippen molar-refractivity contribution in [1.82, 2.24) is 0 Å². The van der Waals surface area contributed by atoms with Crippen LogP contribution in [-0.2, 0) is 6.61 Å². The second-order valence-corrected chi connectivity index (χ2v) is 5.72. The van der Waals surface area contributed by atoms with E-state index in [1.165, 1.54) is 6.07 Å². The molecule has 0 saturated carbocycles. The number of carboxylic acid groups (broad SMARTS) is 1. The highest BCUT2D eigenvalue weighted by Crippen LogP contribution is 2.30. The number of aryl methyl sites for hydroxylation is 1. The third-order valence-corrected chi connectivity index (χ3v) is 4.03. The summed E-state index contributed by atoms with van der Waals surface area (Å²) in [5, 5.41) is 20.0. The normalized spacial score (nSPS) is 10.4. The van der Waals surface area contributed by atoms with Crippen molar-refractivity contribution in [3.05, 3.63) is 55.3 Å². The minimum Gasteiger partial charge on any atom is -0.487 e. The number of carboxylic acids is 1. The van der Waals surface area contributed by atoms with Crippen LogP contribution in [0.5, 0.6) is 5.75 Å². The van der Waals surface area contributed by atoms with Gasteiger partial charge in [0.05, 0.1) is 4.92 Å². The first-order valence-electron chi connectivity index (χ1n) is 6.09. The highest BCUT2D eigenvalue weighted by molar-refractivity contribution is 7.14. The minimum atomic E-state index is -1.04. The molecule has 0 aliphatic heterocycles. The monoisotopic (exact) mass is 307 g/mol. The molecule has 110 valence electrons. The fourth-order valence-electron chi connectivity index (χ4n) is 1.93. The van der Waals surface area contributed by atoms with Gasteiger partial charge in [-0.15, -0.1) is 11.3 Å². The first kappa shape index (κ1) is 15.0. The molecule has 6 nitrogen and oxygen atoms in total. The van der Waals surface area contributed by atoms with Crippen LogP contribution in [0.4, 0.5) is 5.69 Å². The molecule has 0 atom stereocenters. The van der Waals surface area contributed by atoms with Gasteiger partial charge >= 0.3 is 5.97 Å². The van der Waals surface area contributed by atoms with Gasteiger partial charge in [0.15, 0.2) is 4.88 Å². The lowest BCUT2D eigenvalue weighted by molar-refractivity contribution is -0.385. The lowest BCUT2D eigenvalue weighted by Crippen LogP contribution is -2.03.